The van der Waals surface area contributed by atoms with Crippen LogP contribution in [0, 0.1) is 0 Å². The number of hydrogen-bond acceptors (Lipinski definition) is 4. The molecule has 2 rings (SSSR count). The number of guanidine groups is 1. The number of aliphatic imine (C=N–C) groups is 1. The average molecular weight is 223 g/mol. The Kier molecular flexibility index (Phi) is 2.82. The van der Waals surface area contributed by atoms with Gasteiger partial charge in [-0.05, 0) is 17.7 Å². The summed E-state index contributed by atoms with van der Waals surface area (Å²) in [6.07, 6.45) is -0.753. The molecule has 0 amide bonds. The van der Waals surface area contributed by atoms with E-state index >= 15 is 0 Å². The van der Waals surface area contributed by atoms with Gasteiger partial charge in [-0.2, -0.15) is 0 Å². The first-order valence-corrected chi connectivity index (χ1v) is 4.80. The summed E-state index contributed by atoms with van der Waals surface area (Å²) < 4.78 is 10.4. The normalized spacial score (nSPS) is 14.6. The number of ether oxygens (including phenoxy) is 2. The highest BCUT2D eigenvalue weighted by Crippen LogP contribution is 2.34. The summed E-state index contributed by atoms with van der Waals surface area (Å²) in [5, 5.41) is 9.79. The van der Waals surface area contributed by atoms with Gasteiger partial charge in [-0.1, -0.05) is 6.07 Å². The molecule has 1 aromatic rings. The Morgan fingerprint density at radius 3 is 2.88 bits per heavy atom. The molecular weight excluding hydrogens is 210 g/mol. The molecule has 0 saturated carbocycles. The summed E-state index contributed by atoms with van der Waals surface area (Å²) in [4.78, 5) is 3.74. The summed E-state index contributed by atoms with van der Waals surface area (Å²) >= 11 is 0. The summed E-state index contributed by atoms with van der Waals surface area (Å²) in [6, 6.07) is 5.21. The van der Waals surface area contributed by atoms with Gasteiger partial charge in [0.15, 0.2) is 17.5 Å². The molecule has 0 aromatic heterocycles. The molecule has 16 heavy (non-hydrogen) atoms. The van der Waals surface area contributed by atoms with Gasteiger partial charge in [0, 0.05) is 0 Å². The molecule has 0 fully saturated rings. The molecule has 1 atom stereocenters. The zero-order chi connectivity index (χ0) is 11.5. The topological polar surface area (TPSA) is 103 Å². The largest absolute Gasteiger partial charge is 0.454 e. The van der Waals surface area contributed by atoms with E-state index in [-0.39, 0.29) is 19.3 Å². The number of benzene rings is 1. The Bertz CT molecular complexity index is 416. The van der Waals surface area contributed by atoms with Crippen LogP contribution in [0.15, 0.2) is 23.2 Å². The molecule has 1 aliphatic heterocycles. The van der Waals surface area contributed by atoms with E-state index in [2.05, 4.69) is 4.99 Å². The summed E-state index contributed by atoms with van der Waals surface area (Å²) in [5.41, 5.74) is 11.1. The van der Waals surface area contributed by atoms with Crippen LogP contribution in [0.2, 0.25) is 0 Å². The van der Waals surface area contributed by atoms with Crippen LogP contribution in [0.1, 0.15) is 11.7 Å². The van der Waals surface area contributed by atoms with Crippen molar-refractivity contribution in [1.82, 2.24) is 0 Å². The van der Waals surface area contributed by atoms with Crippen molar-refractivity contribution in [3.8, 4) is 11.5 Å². The Hall–Kier alpha value is -1.95. The van der Waals surface area contributed by atoms with Crippen molar-refractivity contribution in [2.24, 2.45) is 16.5 Å². The van der Waals surface area contributed by atoms with E-state index in [9.17, 15) is 5.11 Å². The van der Waals surface area contributed by atoms with Crippen LogP contribution < -0.4 is 20.9 Å². The number of hydrogen-bond donors (Lipinski definition) is 3. The van der Waals surface area contributed by atoms with E-state index in [1.165, 1.54) is 0 Å². The fourth-order valence-corrected chi connectivity index (χ4v) is 1.42. The van der Waals surface area contributed by atoms with Gasteiger partial charge in [-0.3, -0.25) is 4.99 Å². The van der Waals surface area contributed by atoms with E-state index in [1.54, 1.807) is 18.2 Å². The Labute approximate surface area is 92.5 Å². The van der Waals surface area contributed by atoms with Crippen LogP contribution in [0.3, 0.4) is 0 Å². The lowest BCUT2D eigenvalue weighted by molar-refractivity contribution is 0.173. The monoisotopic (exact) mass is 223 g/mol. The van der Waals surface area contributed by atoms with E-state index in [0.717, 1.165) is 0 Å². The molecule has 1 unspecified atom stereocenters. The molecule has 0 spiro atoms. The standard InChI is InChI=1S/C10H13N3O3/c11-10(12)13-4-7(14)6-1-2-8-9(3-6)16-5-15-8/h1-3,7,14H,4-5H2,(H4,11,12,13). The predicted octanol–water partition coefficient (Wildman–Crippen LogP) is -0.278. The molecule has 0 aliphatic carbocycles. The minimum Gasteiger partial charge on any atom is -0.454 e. The van der Waals surface area contributed by atoms with Gasteiger partial charge < -0.3 is 26.0 Å². The minimum atomic E-state index is -0.753. The maximum Gasteiger partial charge on any atom is 0.231 e. The first-order chi connectivity index (χ1) is 7.66. The quantitative estimate of drug-likeness (QED) is 0.483. The summed E-state index contributed by atoms with van der Waals surface area (Å²) in [5.74, 6) is 1.26. The first kappa shape index (κ1) is 10.6. The van der Waals surface area contributed by atoms with Crippen molar-refractivity contribution in [1.29, 1.82) is 0 Å². The average Bonchev–Trinajstić information content (AvgIpc) is 2.72. The van der Waals surface area contributed by atoms with E-state index in [4.69, 9.17) is 20.9 Å². The second-order valence-electron chi connectivity index (χ2n) is 3.39. The number of nitrogens with zero attached hydrogens (tertiary/aromatic N) is 1. The van der Waals surface area contributed by atoms with E-state index < -0.39 is 6.10 Å². The van der Waals surface area contributed by atoms with Gasteiger partial charge in [0.05, 0.1) is 12.6 Å². The number of aliphatic hydroxyl groups excluding tert-OH is 1. The molecule has 0 radical (unpaired) electrons. The summed E-state index contributed by atoms with van der Waals surface area (Å²) in [6.45, 7) is 0.338. The third kappa shape index (κ3) is 2.17. The van der Waals surface area contributed by atoms with Crippen molar-refractivity contribution in [2.75, 3.05) is 13.3 Å². The van der Waals surface area contributed by atoms with Crippen molar-refractivity contribution in [2.45, 2.75) is 6.10 Å². The maximum absolute atomic E-state index is 9.79. The lowest BCUT2D eigenvalue weighted by Crippen LogP contribution is -2.23. The third-order valence-electron chi connectivity index (χ3n) is 2.23. The molecule has 1 aliphatic rings. The molecule has 86 valence electrons. The number of fused-ring (bicyclic) bond motifs is 1. The van der Waals surface area contributed by atoms with Crippen LogP contribution in [0.5, 0.6) is 11.5 Å². The van der Waals surface area contributed by atoms with E-state index in [1.807, 2.05) is 0 Å². The second kappa shape index (κ2) is 4.28. The smallest absolute Gasteiger partial charge is 0.231 e. The highest BCUT2D eigenvalue weighted by molar-refractivity contribution is 5.75. The van der Waals surface area contributed by atoms with Crippen LogP contribution in [0.25, 0.3) is 0 Å². The van der Waals surface area contributed by atoms with Crippen molar-refractivity contribution < 1.29 is 14.6 Å². The zero-order valence-electron chi connectivity index (χ0n) is 8.59. The van der Waals surface area contributed by atoms with Crippen molar-refractivity contribution in [3.63, 3.8) is 0 Å². The van der Waals surface area contributed by atoms with Gasteiger partial charge in [0.2, 0.25) is 6.79 Å². The van der Waals surface area contributed by atoms with E-state index in [0.29, 0.717) is 17.1 Å². The van der Waals surface area contributed by atoms with Crippen molar-refractivity contribution >= 4 is 5.96 Å². The third-order valence-corrected chi connectivity index (χ3v) is 2.23. The van der Waals surface area contributed by atoms with Crippen LogP contribution in [0.4, 0.5) is 0 Å². The lowest BCUT2D eigenvalue weighted by atomic mass is 10.1. The van der Waals surface area contributed by atoms with Gasteiger partial charge in [0.1, 0.15) is 0 Å². The van der Waals surface area contributed by atoms with Gasteiger partial charge in [-0.15, -0.1) is 0 Å². The number of rotatable bonds is 3. The second-order valence-corrected chi connectivity index (χ2v) is 3.39. The maximum atomic E-state index is 9.79. The minimum absolute atomic E-state index is 0.0419. The molecule has 6 nitrogen and oxygen atoms in total. The SMILES string of the molecule is NC(N)=NCC(O)c1ccc2c(c1)OCO2. The van der Waals surface area contributed by atoms with Gasteiger partial charge >= 0.3 is 0 Å². The fourth-order valence-electron chi connectivity index (χ4n) is 1.42. The molecule has 6 heteroatoms. The number of aliphatic hydroxyl groups is 1. The fraction of sp³-hybridized carbons (Fsp3) is 0.300. The molecule has 1 heterocycles. The van der Waals surface area contributed by atoms with Crippen LogP contribution in [-0.2, 0) is 0 Å². The molecule has 0 bridgehead atoms. The van der Waals surface area contributed by atoms with Gasteiger partial charge in [-0.25, -0.2) is 0 Å². The Morgan fingerprint density at radius 2 is 2.12 bits per heavy atom. The van der Waals surface area contributed by atoms with Crippen molar-refractivity contribution in [3.05, 3.63) is 23.8 Å². The highest BCUT2D eigenvalue weighted by Gasteiger charge is 2.16. The Morgan fingerprint density at radius 1 is 1.38 bits per heavy atom. The molecule has 0 saturated heterocycles. The molecular formula is C10H13N3O3. The number of nitrogens with two attached hydrogens (primary N) is 2. The molecule has 5 N–H and O–H groups in total. The zero-order valence-corrected chi connectivity index (χ0v) is 8.59. The Balaban J connectivity index is 2.12. The van der Waals surface area contributed by atoms with Gasteiger partial charge in [0.25, 0.3) is 0 Å². The van der Waals surface area contributed by atoms with Crippen LogP contribution >= 0.6 is 0 Å². The first-order valence-electron chi connectivity index (χ1n) is 4.80. The van der Waals surface area contributed by atoms with Crippen LogP contribution in [-0.4, -0.2) is 24.4 Å². The lowest BCUT2D eigenvalue weighted by Gasteiger charge is -2.08. The summed E-state index contributed by atoms with van der Waals surface area (Å²) in [7, 11) is 0. The molecule has 1 aromatic carbocycles. The predicted molar refractivity (Wildman–Crippen MR) is 58.2 cm³/mol. The highest BCUT2D eigenvalue weighted by atomic mass is 16.7.